The maximum atomic E-state index is 12.2. The van der Waals surface area contributed by atoms with Crippen LogP contribution in [0.15, 0.2) is 5.38 Å². The van der Waals surface area contributed by atoms with Crippen molar-refractivity contribution in [2.75, 3.05) is 26.3 Å². The van der Waals surface area contributed by atoms with Crippen LogP contribution in [0.3, 0.4) is 0 Å². The molecule has 23 heavy (non-hydrogen) atoms. The molecule has 1 aromatic rings. The van der Waals surface area contributed by atoms with Gasteiger partial charge in [-0.25, -0.2) is 9.78 Å². The van der Waals surface area contributed by atoms with Crippen LogP contribution < -0.4 is 5.32 Å². The van der Waals surface area contributed by atoms with Crippen LogP contribution in [0.1, 0.15) is 35.8 Å². The molecule has 2 heterocycles. The molecule has 1 aliphatic rings. The number of thiazole rings is 1. The molecule has 2 rings (SSSR count). The molecule has 0 aliphatic carbocycles. The van der Waals surface area contributed by atoms with E-state index in [4.69, 9.17) is 4.74 Å². The quantitative estimate of drug-likeness (QED) is 0.774. The summed E-state index contributed by atoms with van der Waals surface area (Å²) in [6.45, 7) is 7.68. The Morgan fingerprint density at radius 3 is 2.74 bits per heavy atom. The van der Waals surface area contributed by atoms with Crippen LogP contribution in [0.4, 0.5) is 0 Å². The smallest absolute Gasteiger partial charge is 0.326 e. The number of hydrogen-bond acceptors (Lipinski definition) is 6. The number of morpholine rings is 1. The van der Waals surface area contributed by atoms with E-state index in [0.29, 0.717) is 26.2 Å². The Morgan fingerprint density at radius 2 is 2.13 bits per heavy atom. The van der Waals surface area contributed by atoms with Crippen LogP contribution in [-0.4, -0.2) is 59.2 Å². The molecule has 7 nitrogen and oxygen atoms in total. The third kappa shape index (κ3) is 5.56. The molecular formula is C15H23N3O4S. The van der Waals surface area contributed by atoms with E-state index in [-0.39, 0.29) is 11.6 Å². The summed E-state index contributed by atoms with van der Waals surface area (Å²) in [5, 5.41) is 14.3. The van der Waals surface area contributed by atoms with Gasteiger partial charge in [0.15, 0.2) is 0 Å². The summed E-state index contributed by atoms with van der Waals surface area (Å²) in [5.74, 6) is -1.26. The third-order valence-electron chi connectivity index (χ3n) is 3.56. The van der Waals surface area contributed by atoms with Gasteiger partial charge in [0.1, 0.15) is 16.7 Å². The minimum absolute atomic E-state index is 0.184. The maximum Gasteiger partial charge on any atom is 0.326 e. The Labute approximate surface area is 139 Å². The second-order valence-corrected chi connectivity index (χ2v) is 6.95. The van der Waals surface area contributed by atoms with Gasteiger partial charge < -0.3 is 15.2 Å². The molecule has 1 saturated heterocycles. The Kier molecular flexibility index (Phi) is 6.49. The van der Waals surface area contributed by atoms with E-state index in [1.165, 1.54) is 11.3 Å². The molecular weight excluding hydrogens is 318 g/mol. The molecule has 0 spiro atoms. The molecule has 1 amide bonds. The molecule has 1 fully saturated rings. The van der Waals surface area contributed by atoms with Crippen LogP contribution in [0.2, 0.25) is 0 Å². The number of rotatable bonds is 7. The normalized spacial score (nSPS) is 17.2. The highest BCUT2D eigenvalue weighted by atomic mass is 32.1. The van der Waals surface area contributed by atoms with Gasteiger partial charge in [-0.3, -0.25) is 9.69 Å². The average molecular weight is 341 g/mol. The Hall–Kier alpha value is -1.51. The summed E-state index contributed by atoms with van der Waals surface area (Å²) in [7, 11) is 0. The largest absolute Gasteiger partial charge is 0.480 e. The fourth-order valence-electron chi connectivity index (χ4n) is 2.36. The SMILES string of the molecule is CC(C)CC(NC(=O)c1csc(CN2CCOCC2)n1)C(=O)O. The molecule has 1 aromatic heterocycles. The summed E-state index contributed by atoms with van der Waals surface area (Å²) in [5.41, 5.74) is 0.285. The lowest BCUT2D eigenvalue weighted by Crippen LogP contribution is -2.41. The van der Waals surface area contributed by atoms with Crippen molar-refractivity contribution in [2.45, 2.75) is 32.9 Å². The first kappa shape index (κ1) is 17.8. The maximum absolute atomic E-state index is 12.2. The van der Waals surface area contributed by atoms with Crippen LogP contribution in [0.25, 0.3) is 0 Å². The van der Waals surface area contributed by atoms with Gasteiger partial charge in [-0.15, -0.1) is 11.3 Å². The highest BCUT2D eigenvalue weighted by Gasteiger charge is 2.23. The molecule has 0 saturated carbocycles. The van der Waals surface area contributed by atoms with Crippen molar-refractivity contribution < 1.29 is 19.4 Å². The van der Waals surface area contributed by atoms with Crippen molar-refractivity contribution in [2.24, 2.45) is 5.92 Å². The number of carbonyl (C=O) groups excluding carboxylic acids is 1. The van der Waals surface area contributed by atoms with Crippen molar-refractivity contribution in [1.29, 1.82) is 0 Å². The number of carboxylic acids is 1. The standard InChI is InChI=1S/C15H23N3O4S/c1-10(2)7-11(15(20)21)17-14(19)12-9-23-13(16-12)8-18-3-5-22-6-4-18/h9-11H,3-8H2,1-2H3,(H,17,19)(H,20,21). The minimum atomic E-state index is -1.02. The molecule has 2 N–H and O–H groups in total. The zero-order valence-electron chi connectivity index (χ0n) is 13.4. The van der Waals surface area contributed by atoms with E-state index in [1.54, 1.807) is 5.38 Å². The summed E-state index contributed by atoms with van der Waals surface area (Å²) in [4.78, 5) is 30.0. The van der Waals surface area contributed by atoms with E-state index in [2.05, 4.69) is 15.2 Å². The van der Waals surface area contributed by atoms with E-state index in [1.807, 2.05) is 13.8 Å². The first-order valence-electron chi connectivity index (χ1n) is 7.74. The first-order chi connectivity index (χ1) is 11.0. The molecule has 1 aliphatic heterocycles. The molecule has 1 unspecified atom stereocenters. The number of ether oxygens (including phenoxy) is 1. The highest BCUT2D eigenvalue weighted by Crippen LogP contribution is 2.14. The van der Waals surface area contributed by atoms with Crippen LogP contribution >= 0.6 is 11.3 Å². The zero-order valence-corrected chi connectivity index (χ0v) is 14.3. The molecule has 0 bridgehead atoms. The summed E-state index contributed by atoms with van der Waals surface area (Å²) < 4.78 is 5.30. The number of nitrogens with one attached hydrogen (secondary N) is 1. The fraction of sp³-hybridized carbons (Fsp3) is 0.667. The van der Waals surface area contributed by atoms with Gasteiger partial charge in [0.2, 0.25) is 0 Å². The Balaban J connectivity index is 1.92. The number of carbonyl (C=O) groups is 2. The predicted molar refractivity (Wildman–Crippen MR) is 86.6 cm³/mol. The number of aromatic nitrogens is 1. The Bertz CT molecular complexity index is 541. The summed E-state index contributed by atoms with van der Waals surface area (Å²) in [6, 6.07) is -0.883. The van der Waals surface area contributed by atoms with Gasteiger partial charge in [-0.2, -0.15) is 0 Å². The number of carboxylic acid groups (broad SMARTS) is 1. The molecule has 0 radical (unpaired) electrons. The lowest BCUT2D eigenvalue weighted by atomic mass is 10.0. The van der Waals surface area contributed by atoms with Crippen LogP contribution in [0.5, 0.6) is 0 Å². The molecule has 0 aromatic carbocycles. The number of hydrogen-bond donors (Lipinski definition) is 2. The van der Waals surface area contributed by atoms with Gasteiger partial charge in [0, 0.05) is 18.5 Å². The number of amides is 1. The van der Waals surface area contributed by atoms with Gasteiger partial charge in [-0.05, 0) is 12.3 Å². The van der Waals surface area contributed by atoms with E-state index in [9.17, 15) is 14.7 Å². The van der Waals surface area contributed by atoms with Crippen molar-refractivity contribution in [3.63, 3.8) is 0 Å². The number of nitrogens with zero attached hydrogens (tertiary/aromatic N) is 2. The van der Waals surface area contributed by atoms with Gasteiger partial charge in [-0.1, -0.05) is 13.8 Å². The third-order valence-corrected chi connectivity index (χ3v) is 4.39. The predicted octanol–water partition coefficient (Wildman–Crippen LogP) is 1.20. The molecule has 8 heteroatoms. The van der Waals surface area contributed by atoms with Gasteiger partial charge in [0.05, 0.1) is 19.8 Å². The van der Waals surface area contributed by atoms with Gasteiger partial charge >= 0.3 is 5.97 Å². The van der Waals surface area contributed by atoms with Crippen molar-refractivity contribution in [3.8, 4) is 0 Å². The monoisotopic (exact) mass is 341 g/mol. The number of aliphatic carboxylic acids is 1. The van der Waals surface area contributed by atoms with Crippen molar-refractivity contribution >= 4 is 23.2 Å². The zero-order chi connectivity index (χ0) is 16.8. The highest BCUT2D eigenvalue weighted by molar-refractivity contribution is 7.09. The minimum Gasteiger partial charge on any atom is -0.480 e. The lowest BCUT2D eigenvalue weighted by Gasteiger charge is -2.25. The fourth-order valence-corrected chi connectivity index (χ4v) is 3.18. The Morgan fingerprint density at radius 1 is 1.43 bits per heavy atom. The summed E-state index contributed by atoms with van der Waals surface area (Å²) in [6.07, 6.45) is 0.395. The average Bonchev–Trinajstić information content (AvgIpc) is 2.95. The van der Waals surface area contributed by atoms with Crippen LogP contribution in [-0.2, 0) is 16.1 Å². The van der Waals surface area contributed by atoms with Crippen molar-refractivity contribution in [3.05, 3.63) is 16.1 Å². The topological polar surface area (TPSA) is 91.8 Å². The lowest BCUT2D eigenvalue weighted by molar-refractivity contribution is -0.139. The first-order valence-corrected chi connectivity index (χ1v) is 8.62. The molecule has 128 valence electrons. The van der Waals surface area contributed by atoms with E-state index in [0.717, 1.165) is 18.1 Å². The van der Waals surface area contributed by atoms with Crippen molar-refractivity contribution in [1.82, 2.24) is 15.2 Å². The van der Waals surface area contributed by atoms with E-state index < -0.39 is 17.9 Å². The van der Waals surface area contributed by atoms with E-state index >= 15 is 0 Å². The second kappa shape index (κ2) is 8.37. The van der Waals surface area contributed by atoms with Crippen LogP contribution in [0, 0.1) is 5.92 Å². The summed E-state index contributed by atoms with van der Waals surface area (Å²) >= 11 is 1.42. The molecule has 1 atom stereocenters. The second-order valence-electron chi connectivity index (χ2n) is 6.01. The van der Waals surface area contributed by atoms with Gasteiger partial charge in [0.25, 0.3) is 5.91 Å².